The molecule has 28 heavy (non-hydrogen) atoms. The number of fused-ring (bicyclic) bond motifs is 1. The smallest absolute Gasteiger partial charge is 0.258 e. The van der Waals surface area contributed by atoms with Crippen LogP contribution in [0.3, 0.4) is 0 Å². The highest BCUT2D eigenvalue weighted by Crippen LogP contribution is 2.28. The van der Waals surface area contributed by atoms with Crippen molar-refractivity contribution < 1.29 is 13.6 Å². The standard InChI is InChI=1S/C22H18FN3O2/c1-26(2)16-7-5-6-14(12-16)22-25-19-13-15(10-11-20(19)28-22)24-21(27)17-8-3-4-9-18(17)23/h3-13H,1-2H3,(H,24,27). The second kappa shape index (κ2) is 7.15. The lowest BCUT2D eigenvalue weighted by atomic mass is 10.2. The van der Waals surface area contributed by atoms with Gasteiger partial charge >= 0.3 is 0 Å². The SMILES string of the molecule is CN(C)c1cccc(-c2nc3cc(NC(=O)c4ccccc4F)ccc3o2)c1. The summed E-state index contributed by atoms with van der Waals surface area (Å²) < 4.78 is 19.6. The highest BCUT2D eigenvalue weighted by molar-refractivity contribution is 6.05. The van der Waals surface area contributed by atoms with E-state index in [1.54, 1.807) is 30.3 Å². The van der Waals surface area contributed by atoms with Crippen molar-refractivity contribution in [2.45, 2.75) is 0 Å². The Morgan fingerprint density at radius 1 is 1.04 bits per heavy atom. The third-order valence-corrected chi connectivity index (χ3v) is 4.37. The van der Waals surface area contributed by atoms with Crippen LogP contribution in [0, 0.1) is 5.82 Å². The first-order valence-corrected chi connectivity index (χ1v) is 8.75. The van der Waals surface area contributed by atoms with Crippen molar-refractivity contribution in [2.75, 3.05) is 24.3 Å². The largest absolute Gasteiger partial charge is 0.436 e. The van der Waals surface area contributed by atoms with E-state index in [-0.39, 0.29) is 5.56 Å². The summed E-state index contributed by atoms with van der Waals surface area (Å²) >= 11 is 0. The highest BCUT2D eigenvalue weighted by Gasteiger charge is 2.13. The molecule has 0 saturated carbocycles. The molecule has 0 unspecified atom stereocenters. The van der Waals surface area contributed by atoms with Crippen molar-refractivity contribution in [1.29, 1.82) is 0 Å². The fraction of sp³-hybridized carbons (Fsp3) is 0.0909. The van der Waals surface area contributed by atoms with Crippen LogP contribution in [-0.2, 0) is 0 Å². The minimum absolute atomic E-state index is 0.0102. The Balaban J connectivity index is 1.63. The lowest BCUT2D eigenvalue weighted by molar-refractivity contribution is 0.102. The number of oxazole rings is 1. The Bertz CT molecular complexity index is 1170. The molecule has 4 rings (SSSR count). The zero-order valence-electron chi connectivity index (χ0n) is 15.4. The van der Waals surface area contributed by atoms with Crippen LogP contribution in [-0.4, -0.2) is 25.0 Å². The summed E-state index contributed by atoms with van der Waals surface area (Å²) in [5, 5.41) is 2.70. The topological polar surface area (TPSA) is 58.4 Å². The van der Waals surface area contributed by atoms with Gasteiger partial charge in [0.05, 0.1) is 5.56 Å². The van der Waals surface area contributed by atoms with E-state index in [0.29, 0.717) is 22.7 Å². The molecule has 6 heteroatoms. The van der Waals surface area contributed by atoms with E-state index in [1.165, 1.54) is 12.1 Å². The van der Waals surface area contributed by atoms with Gasteiger partial charge in [-0.25, -0.2) is 9.37 Å². The molecule has 0 fully saturated rings. The maximum atomic E-state index is 13.8. The normalized spacial score (nSPS) is 10.8. The summed E-state index contributed by atoms with van der Waals surface area (Å²) in [6, 6.07) is 18.9. The second-order valence-electron chi connectivity index (χ2n) is 6.58. The molecule has 1 amide bonds. The minimum atomic E-state index is -0.564. The predicted octanol–water partition coefficient (Wildman–Crippen LogP) is 4.95. The Morgan fingerprint density at radius 3 is 2.64 bits per heavy atom. The van der Waals surface area contributed by atoms with Gasteiger partial charge in [-0.2, -0.15) is 0 Å². The van der Waals surface area contributed by atoms with Gasteiger partial charge in [0.25, 0.3) is 5.91 Å². The molecule has 3 aromatic carbocycles. The van der Waals surface area contributed by atoms with E-state index in [2.05, 4.69) is 10.3 Å². The fourth-order valence-corrected chi connectivity index (χ4v) is 2.89. The number of rotatable bonds is 4. The van der Waals surface area contributed by atoms with Crippen molar-refractivity contribution >= 4 is 28.4 Å². The molecule has 0 aliphatic carbocycles. The van der Waals surface area contributed by atoms with Gasteiger partial charge < -0.3 is 14.6 Å². The third-order valence-electron chi connectivity index (χ3n) is 4.37. The number of hydrogen-bond donors (Lipinski definition) is 1. The number of aromatic nitrogens is 1. The number of halogens is 1. The molecular formula is C22H18FN3O2. The maximum Gasteiger partial charge on any atom is 0.258 e. The van der Waals surface area contributed by atoms with Crippen LogP contribution in [0.2, 0.25) is 0 Å². The predicted molar refractivity (Wildman–Crippen MR) is 108 cm³/mol. The number of carbonyl (C=O) groups excluding carboxylic acids is 1. The first-order chi connectivity index (χ1) is 13.5. The van der Waals surface area contributed by atoms with Gasteiger partial charge in [0.1, 0.15) is 11.3 Å². The molecule has 4 aromatic rings. The second-order valence-corrected chi connectivity index (χ2v) is 6.58. The average molecular weight is 375 g/mol. The summed E-state index contributed by atoms with van der Waals surface area (Å²) in [5.41, 5.74) is 3.62. The van der Waals surface area contributed by atoms with Crippen molar-refractivity contribution in [3.63, 3.8) is 0 Å². The van der Waals surface area contributed by atoms with Crippen LogP contribution in [0.25, 0.3) is 22.6 Å². The molecular weight excluding hydrogens is 357 g/mol. The number of amides is 1. The number of carbonyl (C=O) groups is 1. The van der Waals surface area contributed by atoms with E-state index in [1.807, 2.05) is 43.3 Å². The lowest BCUT2D eigenvalue weighted by Crippen LogP contribution is -2.13. The number of nitrogens with zero attached hydrogens (tertiary/aromatic N) is 2. The van der Waals surface area contributed by atoms with E-state index in [9.17, 15) is 9.18 Å². The molecule has 0 bridgehead atoms. The summed E-state index contributed by atoms with van der Waals surface area (Å²) in [5.74, 6) is -0.582. The van der Waals surface area contributed by atoms with E-state index in [0.717, 1.165) is 11.3 Å². The Morgan fingerprint density at radius 2 is 1.86 bits per heavy atom. The minimum Gasteiger partial charge on any atom is -0.436 e. The highest BCUT2D eigenvalue weighted by atomic mass is 19.1. The van der Waals surface area contributed by atoms with E-state index < -0.39 is 11.7 Å². The molecule has 0 aliphatic rings. The monoisotopic (exact) mass is 375 g/mol. The van der Waals surface area contributed by atoms with Gasteiger partial charge in [0.15, 0.2) is 5.58 Å². The maximum absolute atomic E-state index is 13.8. The van der Waals surface area contributed by atoms with E-state index >= 15 is 0 Å². The molecule has 5 nitrogen and oxygen atoms in total. The van der Waals surface area contributed by atoms with Gasteiger partial charge in [-0.3, -0.25) is 4.79 Å². The molecule has 140 valence electrons. The summed E-state index contributed by atoms with van der Waals surface area (Å²) in [7, 11) is 3.94. The van der Waals surface area contributed by atoms with E-state index in [4.69, 9.17) is 4.42 Å². The summed E-state index contributed by atoms with van der Waals surface area (Å²) in [4.78, 5) is 18.8. The lowest BCUT2D eigenvalue weighted by Gasteiger charge is -2.12. The first-order valence-electron chi connectivity index (χ1n) is 8.75. The molecule has 0 radical (unpaired) electrons. The number of hydrogen-bond acceptors (Lipinski definition) is 4. The van der Waals surface area contributed by atoms with Crippen LogP contribution >= 0.6 is 0 Å². The first kappa shape index (κ1) is 17.7. The molecule has 1 N–H and O–H groups in total. The molecule has 1 heterocycles. The zero-order chi connectivity index (χ0) is 19.7. The van der Waals surface area contributed by atoms with Gasteiger partial charge in [-0.05, 0) is 48.5 Å². The van der Waals surface area contributed by atoms with Crippen molar-refractivity contribution in [3.05, 3.63) is 78.1 Å². The van der Waals surface area contributed by atoms with Gasteiger partial charge in [0.2, 0.25) is 5.89 Å². The van der Waals surface area contributed by atoms with Gasteiger partial charge in [0, 0.05) is 31.0 Å². The van der Waals surface area contributed by atoms with Crippen molar-refractivity contribution in [3.8, 4) is 11.5 Å². The Hall–Kier alpha value is -3.67. The summed E-state index contributed by atoms with van der Waals surface area (Å²) in [6.07, 6.45) is 0. The quantitative estimate of drug-likeness (QED) is 0.548. The van der Waals surface area contributed by atoms with Gasteiger partial charge in [-0.15, -0.1) is 0 Å². The number of nitrogens with one attached hydrogen (secondary N) is 1. The van der Waals surface area contributed by atoms with Crippen LogP contribution in [0.5, 0.6) is 0 Å². The molecule has 1 aromatic heterocycles. The van der Waals surface area contributed by atoms with Crippen molar-refractivity contribution in [1.82, 2.24) is 4.98 Å². The van der Waals surface area contributed by atoms with Crippen LogP contribution < -0.4 is 10.2 Å². The molecule has 0 spiro atoms. The fourth-order valence-electron chi connectivity index (χ4n) is 2.89. The van der Waals surface area contributed by atoms with Crippen LogP contribution in [0.1, 0.15) is 10.4 Å². The van der Waals surface area contributed by atoms with Crippen LogP contribution in [0.4, 0.5) is 15.8 Å². The van der Waals surface area contributed by atoms with Crippen LogP contribution in [0.15, 0.2) is 71.1 Å². The van der Waals surface area contributed by atoms with Gasteiger partial charge in [-0.1, -0.05) is 18.2 Å². The third kappa shape index (κ3) is 3.44. The molecule has 0 saturated heterocycles. The molecule has 0 aliphatic heterocycles. The number of anilines is 2. The average Bonchev–Trinajstić information content (AvgIpc) is 3.12. The summed E-state index contributed by atoms with van der Waals surface area (Å²) in [6.45, 7) is 0. The Labute approximate surface area is 161 Å². The molecule has 0 atom stereocenters. The Kier molecular flexibility index (Phi) is 4.53. The number of benzene rings is 3. The van der Waals surface area contributed by atoms with Crippen molar-refractivity contribution in [2.24, 2.45) is 0 Å². The zero-order valence-corrected chi connectivity index (χ0v) is 15.4.